The maximum Gasteiger partial charge on any atom is 0.334 e. The summed E-state index contributed by atoms with van der Waals surface area (Å²) in [5.41, 5.74) is 1.38. The van der Waals surface area contributed by atoms with Crippen molar-refractivity contribution in [2.45, 2.75) is 6.61 Å². The zero-order valence-corrected chi connectivity index (χ0v) is 11.1. The molecule has 3 rings (SSSR count). The number of ether oxygens (including phenoxy) is 2. The molecular weight excluding hydrogens is 273 g/mol. The Kier molecular flexibility index (Phi) is 3.64. The van der Waals surface area contributed by atoms with Crippen molar-refractivity contribution in [1.29, 1.82) is 0 Å². The first-order valence-corrected chi connectivity index (χ1v) is 6.44. The molecule has 0 N–H and O–H groups in total. The van der Waals surface area contributed by atoms with Gasteiger partial charge in [-0.25, -0.2) is 14.2 Å². The first kappa shape index (κ1) is 13.3. The van der Waals surface area contributed by atoms with Crippen molar-refractivity contribution < 1.29 is 18.7 Å². The van der Waals surface area contributed by atoms with Crippen LogP contribution in [0.3, 0.4) is 0 Å². The Bertz CT molecular complexity index is 698. The molecule has 2 aromatic carbocycles. The van der Waals surface area contributed by atoms with Gasteiger partial charge in [0.15, 0.2) is 11.6 Å². The van der Waals surface area contributed by atoms with Gasteiger partial charge in [0.2, 0.25) is 5.90 Å². The number of nitrogens with zero attached hydrogens (tertiary/aromatic N) is 1. The number of benzene rings is 2. The van der Waals surface area contributed by atoms with Gasteiger partial charge in [-0.1, -0.05) is 30.3 Å². The van der Waals surface area contributed by atoms with E-state index in [1.165, 1.54) is 12.1 Å². The highest BCUT2D eigenvalue weighted by molar-refractivity contribution is 6.04. The molecule has 0 atom stereocenters. The molecule has 0 fully saturated rings. The van der Waals surface area contributed by atoms with Crippen LogP contribution in [0, 0.1) is 5.82 Å². The fourth-order valence-electron chi connectivity index (χ4n) is 1.95. The summed E-state index contributed by atoms with van der Waals surface area (Å²) in [4.78, 5) is 14.9. The summed E-state index contributed by atoms with van der Waals surface area (Å²) in [7, 11) is 0. The minimum Gasteiger partial charge on any atom is -0.486 e. The zero-order valence-electron chi connectivity index (χ0n) is 11.1. The second kappa shape index (κ2) is 5.75. The highest BCUT2D eigenvalue weighted by atomic mass is 19.1. The number of hydrogen-bond acceptors (Lipinski definition) is 4. The highest BCUT2D eigenvalue weighted by Crippen LogP contribution is 2.21. The Hall–Kier alpha value is -2.69. The first-order chi connectivity index (χ1) is 10.2. The van der Waals surface area contributed by atoms with Crippen molar-refractivity contribution in [1.82, 2.24) is 0 Å². The Balaban J connectivity index is 1.71. The normalized spacial score (nSPS) is 13.8. The molecule has 0 saturated heterocycles. The van der Waals surface area contributed by atoms with E-state index in [0.29, 0.717) is 5.56 Å². The van der Waals surface area contributed by atoms with Crippen molar-refractivity contribution in [3.8, 4) is 5.75 Å². The molecule has 0 aromatic heterocycles. The van der Waals surface area contributed by atoms with Crippen LogP contribution < -0.4 is 4.74 Å². The minimum atomic E-state index is -0.519. The SMILES string of the molecule is O=C1CN=C(c2ccc(OCc3ccccc3)c(F)c2)O1. The molecule has 0 unspecified atom stereocenters. The molecule has 1 aliphatic heterocycles. The lowest BCUT2D eigenvalue weighted by atomic mass is 10.2. The highest BCUT2D eigenvalue weighted by Gasteiger charge is 2.19. The van der Waals surface area contributed by atoms with Crippen LogP contribution in [-0.2, 0) is 16.1 Å². The molecule has 0 bridgehead atoms. The number of esters is 1. The average molecular weight is 285 g/mol. The van der Waals surface area contributed by atoms with Crippen molar-refractivity contribution in [3.05, 3.63) is 65.5 Å². The van der Waals surface area contributed by atoms with Crippen LogP contribution in [0.15, 0.2) is 53.5 Å². The smallest absolute Gasteiger partial charge is 0.334 e. The molecule has 21 heavy (non-hydrogen) atoms. The third-order valence-electron chi connectivity index (χ3n) is 2.98. The molecule has 2 aromatic rings. The Morgan fingerprint density at radius 1 is 1.19 bits per heavy atom. The lowest BCUT2D eigenvalue weighted by molar-refractivity contribution is -0.132. The van der Waals surface area contributed by atoms with Gasteiger partial charge in [0, 0.05) is 5.56 Å². The van der Waals surface area contributed by atoms with E-state index in [-0.39, 0.29) is 24.8 Å². The Labute approximate surface area is 120 Å². The van der Waals surface area contributed by atoms with Gasteiger partial charge in [-0.2, -0.15) is 0 Å². The van der Waals surface area contributed by atoms with Gasteiger partial charge in [0.05, 0.1) is 0 Å². The maximum atomic E-state index is 14.0. The number of cyclic esters (lactones) is 1. The molecule has 0 saturated carbocycles. The molecule has 0 aliphatic carbocycles. The summed E-state index contributed by atoms with van der Waals surface area (Å²) in [5, 5.41) is 0. The largest absolute Gasteiger partial charge is 0.486 e. The fraction of sp³-hybridized carbons (Fsp3) is 0.125. The Morgan fingerprint density at radius 2 is 2.00 bits per heavy atom. The summed E-state index contributed by atoms with van der Waals surface area (Å²) in [5.74, 6) is -0.662. The molecule has 1 aliphatic rings. The van der Waals surface area contributed by atoms with E-state index in [9.17, 15) is 9.18 Å². The lowest BCUT2D eigenvalue weighted by Gasteiger charge is -2.08. The summed E-state index contributed by atoms with van der Waals surface area (Å²) < 4.78 is 24.3. The molecule has 0 amide bonds. The molecule has 106 valence electrons. The zero-order chi connectivity index (χ0) is 14.7. The monoisotopic (exact) mass is 285 g/mol. The summed E-state index contributed by atoms with van der Waals surface area (Å²) in [6, 6.07) is 13.9. The van der Waals surface area contributed by atoms with Gasteiger partial charge in [0.25, 0.3) is 0 Å². The molecule has 4 nitrogen and oxygen atoms in total. The topological polar surface area (TPSA) is 47.9 Å². The van der Waals surface area contributed by atoms with E-state index in [1.54, 1.807) is 6.07 Å². The number of carbonyl (C=O) groups is 1. The van der Waals surface area contributed by atoms with Crippen molar-refractivity contribution >= 4 is 11.9 Å². The van der Waals surface area contributed by atoms with Crippen LogP contribution in [0.25, 0.3) is 0 Å². The summed E-state index contributed by atoms with van der Waals surface area (Å²) in [6.45, 7) is 0.260. The predicted octanol–water partition coefficient (Wildman–Crippen LogP) is 2.71. The fourth-order valence-corrected chi connectivity index (χ4v) is 1.95. The van der Waals surface area contributed by atoms with Gasteiger partial charge in [-0.3, -0.25) is 0 Å². The van der Waals surface area contributed by atoms with Gasteiger partial charge in [-0.15, -0.1) is 0 Å². The van der Waals surface area contributed by atoms with Crippen LogP contribution in [0.1, 0.15) is 11.1 Å². The number of halogens is 1. The van der Waals surface area contributed by atoms with Crippen LogP contribution in [-0.4, -0.2) is 18.4 Å². The van der Waals surface area contributed by atoms with Crippen LogP contribution >= 0.6 is 0 Å². The Morgan fingerprint density at radius 3 is 2.67 bits per heavy atom. The molecule has 1 heterocycles. The van der Waals surface area contributed by atoms with Gasteiger partial charge < -0.3 is 9.47 Å². The first-order valence-electron chi connectivity index (χ1n) is 6.44. The standard InChI is InChI=1S/C16H12FNO3/c17-13-8-12(16-18-9-15(19)21-16)6-7-14(13)20-10-11-4-2-1-3-5-11/h1-8H,9-10H2. The van der Waals surface area contributed by atoms with Crippen LogP contribution in [0.4, 0.5) is 4.39 Å². The van der Waals surface area contributed by atoms with E-state index in [0.717, 1.165) is 5.56 Å². The number of carbonyl (C=O) groups excluding carboxylic acids is 1. The van der Waals surface area contributed by atoms with Crippen LogP contribution in [0.5, 0.6) is 5.75 Å². The number of hydrogen-bond donors (Lipinski definition) is 0. The molecular formula is C16H12FNO3. The van der Waals surface area contributed by atoms with E-state index in [4.69, 9.17) is 9.47 Å². The van der Waals surface area contributed by atoms with Crippen molar-refractivity contribution in [2.75, 3.05) is 6.54 Å². The predicted molar refractivity (Wildman–Crippen MR) is 74.7 cm³/mol. The van der Waals surface area contributed by atoms with Gasteiger partial charge in [0.1, 0.15) is 13.2 Å². The van der Waals surface area contributed by atoms with E-state index < -0.39 is 11.8 Å². The summed E-state index contributed by atoms with van der Waals surface area (Å²) >= 11 is 0. The van der Waals surface area contributed by atoms with Crippen molar-refractivity contribution in [2.24, 2.45) is 4.99 Å². The van der Waals surface area contributed by atoms with Crippen LogP contribution in [0.2, 0.25) is 0 Å². The van der Waals surface area contributed by atoms with Gasteiger partial charge >= 0.3 is 5.97 Å². The second-order valence-electron chi connectivity index (χ2n) is 4.51. The third kappa shape index (κ3) is 3.08. The number of rotatable bonds is 4. The maximum absolute atomic E-state index is 14.0. The molecule has 5 heteroatoms. The summed E-state index contributed by atoms with van der Waals surface area (Å²) in [6.07, 6.45) is 0. The van der Waals surface area contributed by atoms with E-state index in [1.807, 2.05) is 30.3 Å². The quantitative estimate of drug-likeness (QED) is 0.811. The second-order valence-corrected chi connectivity index (χ2v) is 4.51. The van der Waals surface area contributed by atoms with E-state index in [2.05, 4.69) is 4.99 Å². The molecule has 0 radical (unpaired) electrons. The van der Waals surface area contributed by atoms with Gasteiger partial charge in [-0.05, 0) is 23.8 Å². The minimum absolute atomic E-state index is 0.0246. The molecule has 0 spiro atoms. The average Bonchev–Trinajstić information content (AvgIpc) is 2.93. The third-order valence-corrected chi connectivity index (χ3v) is 2.98. The van der Waals surface area contributed by atoms with E-state index >= 15 is 0 Å². The van der Waals surface area contributed by atoms with Crippen molar-refractivity contribution in [3.63, 3.8) is 0 Å². The number of aliphatic imine (C=N–C) groups is 1. The lowest BCUT2D eigenvalue weighted by Crippen LogP contribution is -2.06.